The first-order chi connectivity index (χ1) is 18.0. The van der Waals surface area contributed by atoms with Crippen LogP contribution in [-0.4, -0.2) is 33.8 Å². The van der Waals surface area contributed by atoms with E-state index in [2.05, 4.69) is 5.16 Å². The van der Waals surface area contributed by atoms with E-state index in [1.807, 2.05) is 85.8 Å². The molecule has 1 saturated heterocycles. The summed E-state index contributed by atoms with van der Waals surface area (Å²) in [7, 11) is 0. The van der Waals surface area contributed by atoms with Crippen molar-refractivity contribution in [3.05, 3.63) is 101 Å². The first-order valence-corrected chi connectivity index (χ1v) is 12.4. The molecule has 7 nitrogen and oxygen atoms in total. The molecule has 0 radical (unpaired) electrons. The summed E-state index contributed by atoms with van der Waals surface area (Å²) in [5.74, 6) is -0.158. The van der Waals surface area contributed by atoms with Crippen LogP contribution >= 0.6 is 0 Å². The Morgan fingerprint density at radius 2 is 1.68 bits per heavy atom. The quantitative estimate of drug-likeness (QED) is 0.332. The number of hydrogen-bond acceptors (Lipinski definition) is 5. The van der Waals surface area contributed by atoms with Crippen LogP contribution in [0.15, 0.2) is 83.4 Å². The number of nitrogens with zero attached hydrogens (tertiary/aromatic N) is 2. The number of aliphatic carboxylic acids is 1. The Hall–Kier alpha value is -4.39. The van der Waals surface area contributed by atoms with E-state index in [0.29, 0.717) is 37.4 Å². The molecule has 0 bridgehead atoms. The van der Waals surface area contributed by atoms with Crippen molar-refractivity contribution in [3.63, 3.8) is 0 Å². The first kappa shape index (κ1) is 23.0. The fourth-order valence-corrected chi connectivity index (χ4v) is 5.11. The van der Waals surface area contributed by atoms with Crippen molar-refractivity contribution in [1.82, 2.24) is 10.1 Å². The summed E-state index contributed by atoms with van der Waals surface area (Å²) >= 11 is 0. The van der Waals surface area contributed by atoms with E-state index < -0.39 is 11.4 Å². The van der Waals surface area contributed by atoms with Gasteiger partial charge in [0.15, 0.2) is 5.76 Å². The van der Waals surface area contributed by atoms with Gasteiger partial charge < -0.3 is 14.4 Å². The largest absolute Gasteiger partial charge is 0.481 e. The topological polar surface area (TPSA) is 92.9 Å². The smallest absolute Gasteiger partial charge is 0.410 e. The molecule has 1 unspecified atom stereocenters. The molecule has 7 heteroatoms. The van der Waals surface area contributed by atoms with E-state index in [1.165, 1.54) is 0 Å². The maximum Gasteiger partial charge on any atom is 0.410 e. The second-order valence-electron chi connectivity index (χ2n) is 9.75. The zero-order chi connectivity index (χ0) is 25.6. The van der Waals surface area contributed by atoms with Gasteiger partial charge in [0.2, 0.25) is 0 Å². The monoisotopic (exact) mass is 494 g/mol. The first-order valence-electron chi connectivity index (χ1n) is 12.4. The molecule has 186 valence electrons. The van der Waals surface area contributed by atoms with Crippen LogP contribution in [0.4, 0.5) is 4.79 Å². The predicted octanol–water partition coefficient (Wildman–Crippen LogP) is 6.13. The standard InChI is InChI=1S/C30H26N2O5/c1-19-25(17-32-18-26(36-29(32)35)21-7-3-2-4-8-21)27(37-31-19)24-10-6-5-9-23(24)20-11-13-22(14-12-20)30(15-16-30)28(33)34/h2-14,26H,15-18H2,1H3,(H,33,34). The number of ether oxygens (including phenoxy) is 1. The summed E-state index contributed by atoms with van der Waals surface area (Å²) in [6, 6.07) is 25.3. The molecule has 1 aliphatic heterocycles. The molecule has 1 aliphatic carbocycles. The van der Waals surface area contributed by atoms with Crippen LogP contribution in [0.1, 0.15) is 41.3 Å². The minimum atomic E-state index is -0.766. The molecule has 1 aromatic heterocycles. The number of benzene rings is 3. The number of carbonyl (C=O) groups is 2. The van der Waals surface area contributed by atoms with Gasteiger partial charge in [-0.05, 0) is 42.0 Å². The van der Waals surface area contributed by atoms with Gasteiger partial charge in [0.25, 0.3) is 0 Å². The summed E-state index contributed by atoms with van der Waals surface area (Å²) < 4.78 is 11.5. The summed E-state index contributed by atoms with van der Waals surface area (Å²) in [5.41, 5.74) is 5.35. The SMILES string of the molecule is Cc1noc(-c2ccccc2-c2ccc(C3(C(=O)O)CC3)cc2)c1CN1CC(c2ccccc2)OC1=O. The third-order valence-electron chi connectivity index (χ3n) is 7.47. The van der Waals surface area contributed by atoms with Crippen LogP contribution in [0.5, 0.6) is 0 Å². The average molecular weight is 495 g/mol. The summed E-state index contributed by atoms with van der Waals surface area (Å²) in [6.07, 6.45) is 0.659. The van der Waals surface area contributed by atoms with Crippen LogP contribution in [0.2, 0.25) is 0 Å². The second-order valence-corrected chi connectivity index (χ2v) is 9.75. The fraction of sp³-hybridized carbons (Fsp3) is 0.233. The third kappa shape index (κ3) is 4.06. The Morgan fingerprint density at radius 3 is 2.35 bits per heavy atom. The highest BCUT2D eigenvalue weighted by Crippen LogP contribution is 2.49. The Kier molecular flexibility index (Phi) is 5.56. The van der Waals surface area contributed by atoms with Gasteiger partial charge in [0, 0.05) is 11.1 Å². The van der Waals surface area contributed by atoms with Gasteiger partial charge in [-0.25, -0.2) is 4.79 Å². The maximum atomic E-state index is 12.7. The average Bonchev–Trinajstić information content (AvgIpc) is 3.56. The van der Waals surface area contributed by atoms with Gasteiger partial charge in [0.05, 0.1) is 24.2 Å². The van der Waals surface area contributed by atoms with E-state index in [4.69, 9.17) is 9.26 Å². The molecule has 1 amide bonds. The Labute approximate surface area is 214 Å². The van der Waals surface area contributed by atoms with Gasteiger partial charge in [-0.2, -0.15) is 0 Å². The van der Waals surface area contributed by atoms with Crippen LogP contribution in [0, 0.1) is 6.92 Å². The number of hydrogen-bond donors (Lipinski definition) is 1. The van der Waals surface area contributed by atoms with E-state index in [1.54, 1.807) is 4.90 Å². The maximum absolute atomic E-state index is 12.7. The van der Waals surface area contributed by atoms with Crippen LogP contribution < -0.4 is 0 Å². The minimum absolute atomic E-state index is 0.316. The molecular weight excluding hydrogens is 468 g/mol. The molecule has 4 aromatic rings. The molecule has 2 heterocycles. The molecule has 2 fully saturated rings. The summed E-state index contributed by atoms with van der Waals surface area (Å²) in [6.45, 7) is 2.64. The fourth-order valence-electron chi connectivity index (χ4n) is 5.11. The Morgan fingerprint density at radius 1 is 1.00 bits per heavy atom. The van der Waals surface area contributed by atoms with Crippen molar-refractivity contribution in [3.8, 4) is 22.5 Å². The molecule has 0 spiro atoms. The number of cyclic esters (lactones) is 1. The predicted molar refractivity (Wildman–Crippen MR) is 137 cm³/mol. The lowest BCUT2D eigenvalue weighted by Gasteiger charge is -2.15. The lowest BCUT2D eigenvalue weighted by atomic mass is 9.91. The molecule has 1 saturated carbocycles. The van der Waals surface area contributed by atoms with Gasteiger partial charge >= 0.3 is 12.1 Å². The highest BCUT2D eigenvalue weighted by Gasteiger charge is 2.51. The molecule has 1 atom stereocenters. The molecule has 37 heavy (non-hydrogen) atoms. The molecule has 2 aliphatic rings. The second kappa shape index (κ2) is 8.92. The van der Waals surface area contributed by atoms with E-state index in [-0.39, 0.29) is 12.2 Å². The summed E-state index contributed by atoms with van der Waals surface area (Å²) in [4.78, 5) is 26.1. The molecule has 6 rings (SSSR count). The lowest BCUT2D eigenvalue weighted by molar-refractivity contribution is -0.140. The molecular formula is C30H26N2O5. The van der Waals surface area contributed by atoms with Gasteiger partial charge in [-0.3, -0.25) is 9.69 Å². The third-order valence-corrected chi connectivity index (χ3v) is 7.47. The molecule has 1 N–H and O–H groups in total. The van der Waals surface area contributed by atoms with Crippen molar-refractivity contribution in [2.75, 3.05) is 6.54 Å². The number of rotatable bonds is 7. The highest BCUT2D eigenvalue weighted by atomic mass is 16.6. The zero-order valence-electron chi connectivity index (χ0n) is 20.4. The van der Waals surface area contributed by atoms with Crippen LogP contribution in [0.3, 0.4) is 0 Å². The van der Waals surface area contributed by atoms with Crippen molar-refractivity contribution in [2.24, 2.45) is 0 Å². The van der Waals surface area contributed by atoms with Crippen molar-refractivity contribution < 1.29 is 24.0 Å². The van der Waals surface area contributed by atoms with Crippen molar-refractivity contribution in [2.45, 2.75) is 37.8 Å². The number of carbonyl (C=O) groups excluding carboxylic acids is 1. The number of carboxylic acids is 1. The lowest BCUT2D eigenvalue weighted by Crippen LogP contribution is -2.24. The van der Waals surface area contributed by atoms with Gasteiger partial charge in [-0.1, -0.05) is 84.0 Å². The van der Waals surface area contributed by atoms with Gasteiger partial charge in [-0.15, -0.1) is 0 Å². The number of aryl methyl sites for hydroxylation is 1. The van der Waals surface area contributed by atoms with Crippen LogP contribution in [-0.2, 0) is 21.5 Å². The normalized spacial score (nSPS) is 18.0. The highest BCUT2D eigenvalue weighted by molar-refractivity contribution is 5.86. The Bertz CT molecular complexity index is 1470. The van der Waals surface area contributed by atoms with E-state index in [0.717, 1.165) is 33.4 Å². The van der Waals surface area contributed by atoms with E-state index in [9.17, 15) is 14.7 Å². The minimum Gasteiger partial charge on any atom is -0.481 e. The Balaban J connectivity index is 1.30. The van der Waals surface area contributed by atoms with Crippen LogP contribution in [0.25, 0.3) is 22.5 Å². The van der Waals surface area contributed by atoms with E-state index >= 15 is 0 Å². The van der Waals surface area contributed by atoms with Crippen molar-refractivity contribution >= 4 is 12.1 Å². The number of amides is 1. The summed E-state index contributed by atoms with van der Waals surface area (Å²) in [5, 5.41) is 13.9. The number of aromatic nitrogens is 1. The molecule has 3 aromatic carbocycles. The number of carboxylic acid groups (broad SMARTS) is 1. The van der Waals surface area contributed by atoms with Crippen molar-refractivity contribution in [1.29, 1.82) is 0 Å². The zero-order valence-corrected chi connectivity index (χ0v) is 20.4. The van der Waals surface area contributed by atoms with Gasteiger partial charge in [0.1, 0.15) is 6.10 Å².